The maximum absolute atomic E-state index is 12.5. The molecule has 0 saturated carbocycles. The van der Waals surface area contributed by atoms with E-state index in [2.05, 4.69) is 10.3 Å². The zero-order chi connectivity index (χ0) is 23.8. The van der Waals surface area contributed by atoms with Crippen LogP contribution in [0.5, 0.6) is 11.5 Å². The first kappa shape index (κ1) is 22.8. The molecule has 7 heteroatoms. The molecule has 172 valence electrons. The molecule has 0 radical (unpaired) electrons. The molecule has 4 aromatic rings. The Hall–Kier alpha value is -4.39. The van der Waals surface area contributed by atoms with E-state index < -0.39 is 0 Å². The van der Waals surface area contributed by atoms with Gasteiger partial charge in [0.25, 0.3) is 0 Å². The summed E-state index contributed by atoms with van der Waals surface area (Å²) in [5.41, 5.74) is 4.35. The summed E-state index contributed by atoms with van der Waals surface area (Å²) < 4.78 is 12.5. The minimum atomic E-state index is -0.188. The lowest BCUT2D eigenvalue weighted by molar-refractivity contribution is -0.116. The zero-order valence-electron chi connectivity index (χ0n) is 19.1. The van der Waals surface area contributed by atoms with Crippen molar-refractivity contribution >= 4 is 12.0 Å². The minimum Gasteiger partial charge on any atom is -0.497 e. The molecule has 4 rings (SSSR count). The van der Waals surface area contributed by atoms with Crippen LogP contribution in [0.1, 0.15) is 11.1 Å². The van der Waals surface area contributed by atoms with E-state index in [-0.39, 0.29) is 5.91 Å². The molecule has 2 heterocycles. The maximum atomic E-state index is 12.5. The van der Waals surface area contributed by atoms with Crippen LogP contribution in [0.3, 0.4) is 0 Å². The van der Waals surface area contributed by atoms with Crippen LogP contribution in [0.2, 0.25) is 0 Å². The number of benzene rings is 2. The third-order valence-electron chi connectivity index (χ3n) is 5.29. The number of pyridine rings is 1. The molecule has 0 spiro atoms. The fourth-order valence-corrected chi connectivity index (χ4v) is 3.57. The van der Waals surface area contributed by atoms with Crippen molar-refractivity contribution < 1.29 is 14.3 Å². The number of methoxy groups -OCH3 is 2. The van der Waals surface area contributed by atoms with E-state index >= 15 is 0 Å². The summed E-state index contributed by atoms with van der Waals surface area (Å²) in [6.45, 7) is 0.464. The number of aromatic nitrogens is 3. The Morgan fingerprint density at radius 3 is 2.65 bits per heavy atom. The number of ether oxygens (including phenoxy) is 2. The van der Waals surface area contributed by atoms with E-state index in [0.29, 0.717) is 13.0 Å². The molecule has 0 aliphatic heterocycles. The molecule has 0 atom stereocenters. The van der Waals surface area contributed by atoms with Crippen molar-refractivity contribution in [1.29, 1.82) is 0 Å². The molecule has 1 amide bonds. The van der Waals surface area contributed by atoms with Crippen molar-refractivity contribution in [2.24, 2.45) is 0 Å². The summed E-state index contributed by atoms with van der Waals surface area (Å²) in [4.78, 5) is 16.7. The average Bonchev–Trinajstić information content (AvgIpc) is 3.33. The Labute approximate surface area is 198 Å². The molecule has 1 N–H and O–H groups in total. The summed E-state index contributed by atoms with van der Waals surface area (Å²) >= 11 is 0. The number of carbonyl (C=O) groups excluding carboxylic acids is 1. The van der Waals surface area contributed by atoms with Gasteiger partial charge in [-0.2, -0.15) is 5.10 Å². The monoisotopic (exact) mass is 454 g/mol. The van der Waals surface area contributed by atoms with E-state index in [1.54, 1.807) is 37.4 Å². The fourth-order valence-electron chi connectivity index (χ4n) is 3.57. The van der Waals surface area contributed by atoms with Crippen molar-refractivity contribution in [3.63, 3.8) is 0 Å². The van der Waals surface area contributed by atoms with Gasteiger partial charge < -0.3 is 14.8 Å². The standard InChI is InChI=1S/C27H26N4O3/c1-33-24-11-12-25(34-2)20(17-24)14-16-29-26(32)13-10-22-19-31(23-8-4-3-5-9-23)30-27(22)21-7-6-15-28-18-21/h3-13,15,17-19H,14,16H2,1-2H3,(H,29,32)/b13-10+. The van der Waals surface area contributed by atoms with E-state index in [9.17, 15) is 4.79 Å². The van der Waals surface area contributed by atoms with Crippen LogP contribution in [0.4, 0.5) is 0 Å². The van der Waals surface area contributed by atoms with Gasteiger partial charge >= 0.3 is 0 Å². The van der Waals surface area contributed by atoms with Crippen LogP contribution >= 0.6 is 0 Å². The van der Waals surface area contributed by atoms with E-state index in [1.807, 2.05) is 66.9 Å². The lowest BCUT2D eigenvalue weighted by Crippen LogP contribution is -2.23. The third kappa shape index (κ3) is 5.50. The normalized spacial score (nSPS) is 10.9. The summed E-state index contributed by atoms with van der Waals surface area (Å²) in [5.74, 6) is 1.33. The molecular formula is C27H26N4O3. The molecule has 34 heavy (non-hydrogen) atoms. The summed E-state index contributed by atoms with van der Waals surface area (Å²) in [7, 11) is 3.25. The predicted octanol–water partition coefficient (Wildman–Crippen LogP) is 4.32. The van der Waals surface area contributed by atoms with Gasteiger partial charge in [0, 0.05) is 42.3 Å². The van der Waals surface area contributed by atoms with Crippen LogP contribution in [0.15, 0.2) is 85.3 Å². The number of nitrogens with zero attached hydrogens (tertiary/aromatic N) is 3. The zero-order valence-corrected chi connectivity index (χ0v) is 19.1. The van der Waals surface area contributed by atoms with Crippen LogP contribution < -0.4 is 14.8 Å². The average molecular weight is 455 g/mol. The highest BCUT2D eigenvalue weighted by Gasteiger charge is 2.11. The summed E-state index contributed by atoms with van der Waals surface area (Å²) in [6, 6.07) is 19.3. The highest BCUT2D eigenvalue weighted by Crippen LogP contribution is 2.25. The smallest absolute Gasteiger partial charge is 0.244 e. The Bertz CT molecular complexity index is 1270. The first-order valence-corrected chi connectivity index (χ1v) is 10.9. The first-order chi connectivity index (χ1) is 16.7. The van der Waals surface area contributed by atoms with Crippen LogP contribution in [0, 0.1) is 0 Å². The lowest BCUT2D eigenvalue weighted by atomic mass is 10.1. The van der Waals surface area contributed by atoms with Gasteiger partial charge in [-0.1, -0.05) is 18.2 Å². The third-order valence-corrected chi connectivity index (χ3v) is 5.29. The maximum Gasteiger partial charge on any atom is 0.244 e. The van der Waals surface area contributed by atoms with Crippen molar-refractivity contribution in [2.45, 2.75) is 6.42 Å². The molecule has 2 aromatic carbocycles. The fraction of sp³-hybridized carbons (Fsp3) is 0.148. The van der Waals surface area contributed by atoms with Crippen molar-refractivity contribution in [2.75, 3.05) is 20.8 Å². The second-order valence-corrected chi connectivity index (χ2v) is 7.51. The van der Waals surface area contributed by atoms with Gasteiger partial charge in [0.2, 0.25) is 5.91 Å². The molecule has 0 unspecified atom stereocenters. The molecule has 7 nitrogen and oxygen atoms in total. The van der Waals surface area contributed by atoms with Gasteiger partial charge in [-0.25, -0.2) is 4.68 Å². The van der Waals surface area contributed by atoms with E-state index in [4.69, 9.17) is 14.6 Å². The quantitative estimate of drug-likeness (QED) is 0.381. The van der Waals surface area contributed by atoms with Crippen LogP contribution in [0.25, 0.3) is 23.0 Å². The van der Waals surface area contributed by atoms with Crippen molar-refractivity contribution in [1.82, 2.24) is 20.1 Å². The van der Waals surface area contributed by atoms with Crippen molar-refractivity contribution in [3.05, 3.63) is 96.5 Å². The highest BCUT2D eigenvalue weighted by molar-refractivity contribution is 5.92. The Morgan fingerprint density at radius 2 is 1.91 bits per heavy atom. The number of amides is 1. The van der Waals surface area contributed by atoms with Gasteiger partial charge in [0.05, 0.1) is 19.9 Å². The van der Waals surface area contributed by atoms with Crippen LogP contribution in [-0.2, 0) is 11.2 Å². The van der Waals surface area contributed by atoms with Gasteiger partial charge in [0.1, 0.15) is 17.2 Å². The molecular weight excluding hydrogens is 428 g/mol. The number of para-hydroxylation sites is 1. The highest BCUT2D eigenvalue weighted by atomic mass is 16.5. The summed E-state index contributed by atoms with van der Waals surface area (Å²) in [6.07, 6.45) is 9.30. The van der Waals surface area contributed by atoms with Gasteiger partial charge in [0.15, 0.2) is 0 Å². The first-order valence-electron chi connectivity index (χ1n) is 10.9. The minimum absolute atomic E-state index is 0.188. The predicted molar refractivity (Wildman–Crippen MR) is 132 cm³/mol. The topological polar surface area (TPSA) is 78.3 Å². The van der Waals surface area contributed by atoms with Gasteiger partial charge in [-0.05, 0) is 60.5 Å². The number of carbonyl (C=O) groups is 1. The largest absolute Gasteiger partial charge is 0.497 e. The number of nitrogens with one attached hydrogen (secondary N) is 1. The molecule has 2 aromatic heterocycles. The number of rotatable bonds is 9. The summed E-state index contributed by atoms with van der Waals surface area (Å²) in [5, 5.41) is 7.66. The second-order valence-electron chi connectivity index (χ2n) is 7.51. The van der Waals surface area contributed by atoms with Gasteiger partial charge in [-0.3, -0.25) is 9.78 Å². The second kappa shape index (κ2) is 11.0. The van der Waals surface area contributed by atoms with E-state index in [0.717, 1.165) is 39.6 Å². The molecule has 0 fully saturated rings. The van der Waals surface area contributed by atoms with Gasteiger partial charge in [-0.15, -0.1) is 0 Å². The molecule has 0 aliphatic carbocycles. The molecule has 0 bridgehead atoms. The number of hydrogen-bond acceptors (Lipinski definition) is 5. The Kier molecular flexibility index (Phi) is 7.35. The Balaban J connectivity index is 1.47. The lowest BCUT2D eigenvalue weighted by Gasteiger charge is -2.10. The SMILES string of the molecule is COc1ccc(OC)c(CCNC(=O)/C=C/c2cn(-c3ccccc3)nc2-c2cccnc2)c1. The molecule has 0 aliphatic rings. The van der Waals surface area contributed by atoms with Crippen molar-refractivity contribution in [3.8, 4) is 28.4 Å². The molecule has 0 saturated heterocycles. The van der Waals surface area contributed by atoms with E-state index in [1.165, 1.54) is 6.08 Å². The van der Waals surface area contributed by atoms with Crippen LogP contribution in [-0.4, -0.2) is 41.4 Å². The number of hydrogen-bond donors (Lipinski definition) is 1. The Morgan fingerprint density at radius 1 is 1.06 bits per heavy atom.